The zero-order valence-corrected chi connectivity index (χ0v) is 8.05. The van der Waals surface area contributed by atoms with Crippen LogP contribution in [-0.4, -0.2) is 17.8 Å². The van der Waals surface area contributed by atoms with E-state index in [1.807, 2.05) is 12.1 Å². The highest BCUT2D eigenvalue weighted by atomic mass is 32.1. The smallest absolute Gasteiger partial charge is 0.137 e. The quantitative estimate of drug-likeness (QED) is 0.721. The third-order valence-electron chi connectivity index (χ3n) is 1.62. The van der Waals surface area contributed by atoms with Crippen LogP contribution in [0.3, 0.4) is 0 Å². The fraction of sp³-hybridized carbons (Fsp3) is 0.444. The van der Waals surface area contributed by atoms with E-state index in [-0.39, 0.29) is 0 Å². The second-order valence-corrected chi connectivity index (χ2v) is 2.96. The number of rotatable bonds is 4. The van der Waals surface area contributed by atoms with Gasteiger partial charge in [-0.15, -0.1) is 0 Å². The molecule has 0 radical (unpaired) electrons. The lowest BCUT2D eigenvalue weighted by atomic mass is 10.2. The van der Waals surface area contributed by atoms with Crippen molar-refractivity contribution in [2.75, 3.05) is 12.9 Å². The van der Waals surface area contributed by atoms with Crippen molar-refractivity contribution >= 4 is 12.6 Å². The number of hydrogen-bond donors (Lipinski definition) is 1. The Morgan fingerprint density at radius 3 is 2.83 bits per heavy atom. The molecule has 3 heteroatoms. The summed E-state index contributed by atoms with van der Waals surface area (Å²) in [4.78, 5) is 4.23. The number of hydrogen-bond acceptors (Lipinski definition) is 3. The maximum Gasteiger partial charge on any atom is 0.137 e. The Balaban J connectivity index is 2.53. The maximum absolute atomic E-state index is 5.00. The van der Waals surface area contributed by atoms with E-state index in [2.05, 4.69) is 17.6 Å². The van der Waals surface area contributed by atoms with Crippen LogP contribution in [0.25, 0.3) is 0 Å². The molecule has 0 N–H and O–H groups in total. The summed E-state index contributed by atoms with van der Waals surface area (Å²) in [7, 11) is 1.64. The predicted molar refractivity (Wildman–Crippen MR) is 53.0 cm³/mol. The Morgan fingerprint density at radius 1 is 1.50 bits per heavy atom. The summed E-state index contributed by atoms with van der Waals surface area (Å²) in [5.74, 6) is 1.72. The third-order valence-corrected chi connectivity index (χ3v) is 1.94. The molecule has 1 heterocycles. The van der Waals surface area contributed by atoms with Crippen LogP contribution in [0.4, 0.5) is 0 Å². The molecule has 0 atom stereocenters. The van der Waals surface area contributed by atoms with Crippen LogP contribution in [0, 0.1) is 0 Å². The van der Waals surface area contributed by atoms with Gasteiger partial charge < -0.3 is 4.74 Å². The van der Waals surface area contributed by atoms with E-state index in [0.717, 1.165) is 30.0 Å². The average Bonchev–Trinajstić information content (AvgIpc) is 2.15. The second kappa shape index (κ2) is 5.04. The van der Waals surface area contributed by atoms with Crippen molar-refractivity contribution in [3.05, 3.63) is 24.0 Å². The fourth-order valence-corrected chi connectivity index (χ4v) is 1.10. The largest absolute Gasteiger partial charge is 0.495 e. The van der Waals surface area contributed by atoms with Crippen LogP contribution in [0.2, 0.25) is 0 Å². The lowest BCUT2D eigenvalue weighted by Crippen LogP contribution is -1.91. The topological polar surface area (TPSA) is 22.1 Å². The number of nitrogens with zero attached hydrogens (tertiary/aromatic N) is 1. The number of methoxy groups -OCH3 is 1. The highest BCUT2D eigenvalue weighted by molar-refractivity contribution is 7.80. The van der Waals surface area contributed by atoms with E-state index in [4.69, 9.17) is 4.74 Å². The van der Waals surface area contributed by atoms with Crippen LogP contribution in [-0.2, 0) is 6.42 Å². The molecule has 0 saturated carbocycles. The minimum absolute atomic E-state index is 0.810. The normalized spacial score (nSPS) is 9.83. The van der Waals surface area contributed by atoms with Gasteiger partial charge in [-0.05, 0) is 30.7 Å². The summed E-state index contributed by atoms with van der Waals surface area (Å²) in [5, 5.41) is 0. The first-order valence-corrected chi connectivity index (χ1v) is 4.60. The maximum atomic E-state index is 5.00. The van der Waals surface area contributed by atoms with Gasteiger partial charge in [0.2, 0.25) is 0 Å². The summed E-state index contributed by atoms with van der Waals surface area (Å²) in [5.41, 5.74) is 1.10. The lowest BCUT2D eigenvalue weighted by Gasteiger charge is -2.00. The van der Waals surface area contributed by atoms with Crippen LogP contribution in [0.5, 0.6) is 5.75 Å². The zero-order valence-electron chi connectivity index (χ0n) is 7.16. The summed E-state index contributed by atoms with van der Waals surface area (Å²) < 4.78 is 5.00. The molecule has 1 aromatic heterocycles. The van der Waals surface area contributed by atoms with Gasteiger partial charge in [-0.25, -0.2) is 0 Å². The zero-order chi connectivity index (χ0) is 8.81. The highest BCUT2D eigenvalue weighted by Gasteiger charge is 1.94. The van der Waals surface area contributed by atoms with Gasteiger partial charge >= 0.3 is 0 Å². The number of aryl methyl sites for hydroxylation is 1. The highest BCUT2D eigenvalue weighted by Crippen LogP contribution is 2.09. The molecule has 0 spiro atoms. The van der Waals surface area contributed by atoms with Gasteiger partial charge in [-0.1, -0.05) is 0 Å². The monoisotopic (exact) mass is 183 g/mol. The van der Waals surface area contributed by atoms with Crippen LogP contribution < -0.4 is 4.74 Å². The molecule has 2 nitrogen and oxygen atoms in total. The molecule has 1 aromatic rings. The second-order valence-electron chi connectivity index (χ2n) is 2.52. The molecule has 0 aliphatic carbocycles. The van der Waals surface area contributed by atoms with Gasteiger partial charge in [0.05, 0.1) is 13.3 Å². The van der Waals surface area contributed by atoms with Gasteiger partial charge in [0.15, 0.2) is 0 Å². The number of thiol groups is 1. The molecule has 0 bridgehead atoms. The molecule has 66 valence electrons. The Hall–Kier alpha value is -0.700. The molecular formula is C9H13NOS. The van der Waals surface area contributed by atoms with E-state index >= 15 is 0 Å². The Labute approximate surface area is 78.4 Å². The van der Waals surface area contributed by atoms with Crippen molar-refractivity contribution in [3.63, 3.8) is 0 Å². The average molecular weight is 183 g/mol. The third kappa shape index (κ3) is 2.74. The first-order valence-electron chi connectivity index (χ1n) is 3.96. The lowest BCUT2D eigenvalue weighted by molar-refractivity contribution is 0.412. The van der Waals surface area contributed by atoms with Crippen LogP contribution in [0.15, 0.2) is 18.3 Å². The summed E-state index contributed by atoms with van der Waals surface area (Å²) in [6.07, 6.45) is 3.81. The van der Waals surface area contributed by atoms with Crippen LogP contribution >= 0.6 is 12.6 Å². The standard InChI is InChI=1S/C9H13NOS/c1-11-9-5-4-8(10-7-9)3-2-6-12/h4-5,7,12H,2-3,6H2,1H3. The van der Waals surface area contributed by atoms with Gasteiger partial charge in [0.1, 0.15) is 5.75 Å². The van der Waals surface area contributed by atoms with Crippen molar-refractivity contribution in [2.45, 2.75) is 12.8 Å². The fourth-order valence-electron chi connectivity index (χ4n) is 0.940. The molecule has 0 saturated heterocycles. The van der Waals surface area contributed by atoms with E-state index in [1.54, 1.807) is 13.3 Å². The number of aromatic nitrogens is 1. The van der Waals surface area contributed by atoms with Gasteiger partial charge in [0, 0.05) is 5.69 Å². The SMILES string of the molecule is COc1ccc(CCCS)nc1. The molecule has 0 aliphatic heterocycles. The predicted octanol–water partition coefficient (Wildman–Crippen LogP) is 1.95. The van der Waals surface area contributed by atoms with Crippen LogP contribution in [0.1, 0.15) is 12.1 Å². The molecule has 0 unspecified atom stereocenters. The minimum Gasteiger partial charge on any atom is -0.495 e. The Morgan fingerprint density at radius 2 is 2.33 bits per heavy atom. The Kier molecular flexibility index (Phi) is 3.94. The molecular weight excluding hydrogens is 170 g/mol. The van der Waals surface area contributed by atoms with Gasteiger partial charge in [-0.3, -0.25) is 4.98 Å². The van der Waals surface area contributed by atoms with E-state index in [1.165, 1.54) is 0 Å². The van der Waals surface area contributed by atoms with E-state index in [0.29, 0.717) is 0 Å². The molecule has 0 aromatic carbocycles. The summed E-state index contributed by atoms with van der Waals surface area (Å²) >= 11 is 4.14. The summed E-state index contributed by atoms with van der Waals surface area (Å²) in [6.45, 7) is 0. The molecule has 0 fully saturated rings. The Bertz CT molecular complexity index is 222. The molecule has 0 aliphatic rings. The van der Waals surface area contributed by atoms with Crippen molar-refractivity contribution in [1.82, 2.24) is 4.98 Å². The van der Waals surface area contributed by atoms with Gasteiger partial charge in [-0.2, -0.15) is 12.6 Å². The molecule has 12 heavy (non-hydrogen) atoms. The van der Waals surface area contributed by atoms with Crippen molar-refractivity contribution < 1.29 is 4.74 Å². The number of pyridine rings is 1. The van der Waals surface area contributed by atoms with Crippen molar-refractivity contribution in [2.24, 2.45) is 0 Å². The van der Waals surface area contributed by atoms with E-state index in [9.17, 15) is 0 Å². The first kappa shape index (κ1) is 9.39. The summed E-state index contributed by atoms with van der Waals surface area (Å²) in [6, 6.07) is 3.92. The minimum atomic E-state index is 0.810. The first-order chi connectivity index (χ1) is 5.86. The van der Waals surface area contributed by atoms with Crippen molar-refractivity contribution in [1.29, 1.82) is 0 Å². The van der Waals surface area contributed by atoms with Crippen molar-refractivity contribution in [3.8, 4) is 5.75 Å². The molecule has 1 rings (SSSR count). The molecule has 0 amide bonds. The van der Waals surface area contributed by atoms with E-state index < -0.39 is 0 Å². The number of ether oxygens (including phenoxy) is 1. The van der Waals surface area contributed by atoms with Gasteiger partial charge in [0.25, 0.3) is 0 Å².